The van der Waals surface area contributed by atoms with Crippen LogP contribution >= 0.6 is 23.2 Å². The second kappa shape index (κ2) is 9.06. The molecule has 0 aliphatic rings. The van der Waals surface area contributed by atoms with E-state index < -0.39 is 11.9 Å². The van der Waals surface area contributed by atoms with Crippen LogP contribution in [-0.4, -0.2) is 52.8 Å². The number of esters is 1. The Bertz CT molecular complexity index is 1240. The molecule has 0 aromatic carbocycles. The van der Waals surface area contributed by atoms with E-state index >= 15 is 0 Å². The molecule has 4 aromatic rings. The molecule has 4 rings (SSSR count). The van der Waals surface area contributed by atoms with Crippen molar-refractivity contribution in [2.75, 3.05) is 6.61 Å². The summed E-state index contributed by atoms with van der Waals surface area (Å²) in [5.74, 6) is -1.47. The first kappa shape index (κ1) is 21.5. The number of carboxylic acid groups (broad SMARTS) is 1. The summed E-state index contributed by atoms with van der Waals surface area (Å²) in [5.41, 5.74) is 1.64. The van der Waals surface area contributed by atoms with Crippen molar-refractivity contribution in [1.82, 2.24) is 29.2 Å². The summed E-state index contributed by atoms with van der Waals surface area (Å²) in [6.45, 7) is 3.90. The number of aryl methyl sites for hydroxylation is 1. The van der Waals surface area contributed by atoms with E-state index in [-0.39, 0.29) is 16.4 Å². The van der Waals surface area contributed by atoms with Gasteiger partial charge < -0.3 is 9.84 Å². The lowest BCUT2D eigenvalue weighted by Crippen LogP contribution is -2.04. The average Bonchev–Trinajstić information content (AvgIpc) is 3.29. The van der Waals surface area contributed by atoms with E-state index in [0.717, 1.165) is 0 Å². The van der Waals surface area contributed by atoms with Crippen LogP contribution in [0.25, 0.3) is 11.3 Å². The fourth-order valence-corrected chi connectivity index (χ4v) is 2.89. The molecular weight excluding hydrogens is 435 g/mol. The zero-order valence-corrected chi connectivity index (χ0v) is 17.4. The molecule has 12 heteroatoms. The van der Waals surface area contributed by atoms with Crippen LogP contribution in [0.5, 0.6) is 0 Å². The fourth-order valence-electron chi connectivity index (χ4n) is 2.62. The van der Waals surface area contributed by atoms with Gasteiger partial charge in [0.15, 0.2) is 11.3 Å². The standard InChI is InChI=1S/2C9H8ClN3O2/c1-2-15-9(14)6-5-11-13-4-3-7(10)12-8(6)13;1-2-5-7(9(14)15)8-11-6(10)3-4-13(8)12-5/h3-5H,2H2,1H3;3-4H,2H2,1H3,(H,14,15). The molecule has 0 atom stereocenters. The van der Waals surface area contributed by atoms with E-state index in [4.69, 9.17) is 33.0 Å². The molecule has 0 fully saturated rings. The zero-order chi connectivity index (χ0) is 21.8. The highest BCUT2D eigenvalue weighted by Gasteiger charge is 2.19. The monoisotopic (exact) mass is 450 g/mol. The maximum absolute atomic E-state index is 11.5. The summed E-state index contributed by atoms with van der Waals surface area (Å²) in [6, 6.07) is 3.16. The molecule has 4 aromatic heterocycles. The largest absolute Gasteiger partial charge is 0.477 e. The van der Waals surface area contributed by atoms with Crippen molar-refractivity contribution in [3.8, 4) is 0 Å². The van der Waals surface area contributed by atoms with Gasteiger partial charge in [-0.3, -0.25) is 0 Å². The van der Waals surface area contributed by atoms with Gasteiger partial charge in [0.2, 0.25) is 0 Å². The van der Waals surface area contributed by atoms with E-state index in [0.29, 0.717) is 35.1 Å². The molecule has 0 saturated heterocycles. The van der Waals surface area contributed by atoms with Gasteiger partial charge in [-0.15, -0.1) is 0 Å². The Balaban J connectivity index is 0.000000171. The van der Waals surface area contributed by atoms with E-state index in [9.17, 15) is 9.59 Å². The predicted octanol–water partition coefficient (Wildman–Crippen LogP) is 3.20. The SMILES string of the molecule is CCOC(=O)c1cnn2ccc(Cl)nc12.CCc1nn2ccc(Cl)nc2c1C(=O)O. The van der Waals surface area contributed by atoms with Gasteiger partial charge in [-0.2, -0.15) is 10.2 Å². The molecule has 0 amide bonds. The van der Waals surface area contributed by atoms with Gasteiger partial charge in [-0.1, -0.05) is 30.1 Å². The minimum absolute atomic E-state index is 0.125. The third-order valence-electron chi connectivity index (χ3n) is 3.90. The lowest BCUT2D eigenvalue weighted by Gasteiger charge is -1.98. The van der Waals surface area contributed by atoms with Gasteiger partial charge in [-0.25, -0.2) is 28.6 Å². The van der Waals surface area contributed by atoms with Gasteiger partial charge in [0.05, 0.1) is 18.5 Å². The summed E-state index contributed by atoms with van der Waals surface area (Å²) in [7, 11) is 0. The summed E-state index contributed by atoms with van der Waals surface area (Å²) >= 11 is 11.4. The minimum atomic E-state index is -1.03. The van der Waals surface area contributed by atoms with E-state index in [1.807, 2.05) is 6.92 Å². The second-order valence-electron chi connectivity index (χ2n) is 5.80. The summed E-state index contributed by atoms with van der Waals surface area (Å²) in [5, 5.41) is 17.7. The van der Waals surface area contributed by atoms with E-state index in [2.05, 4.69) is 20.2 Å². The molecule has 0 saturated carbocycles. The Kier molecular flexibility index (Phi) is 6.48. The lowest BCUT2D eigenvalue weighted by molar-refractivity contribution is 0.0527. The molecule has 0 bridgehead atoms. The van der Waals surface area contributed by atoms with Gasteiger partial charge in [0, 0.05) is 12.4 Å². The predicted molar refractivity (Wildman–Crippen MR) is 108 cm³/mol. The van der Waals surface area contributed by atoms with Crippen molar-refractivity contribution < 1.29 is 19.4 Å². The summed E-state index contributed by atoms with van der Waals surface area (Å²) < 4.78 is 7.75. The van der Waals surface area contributed by atoms with E-state index in [1.165, 1.54) is 15.2 Å². The molecule has 0 aliphatic carbocycles. The highest BCUT2D eigenvalue weighted by atomic mass is 35.5. The third-order valence-corrected chi connectivity index (χ3v) is 4.32. The molecule has 4 heterocycles. The number of carboxylic acids is 1. The summed E-state index contributed by atoms with van der Waals surface area (Å²) in [6.07, 6.45) is 5.18. The molecular formula is C18H16Cl2N6O4. The highest BCUT2D eigenvalue weighted by molar-refractivity contribution is 6.29. The van der Waals surface area contributed by atoms with Crippen LogP contribution in [0.3, 0.4) is 0 Å². The molecule has 10 nitrogen and oxygen atoms in total. The molecule has 1 N–H and O–H groups in total. The number of carbonyl (C=O) groups excluding carboxylic acids is 1. The zero-order valence-electron chi connectivity index (χ0n) is 15.9. The number of hydrogen-bond donors (Lipinski definition) is 1. The number of aromatic nitrogens is 6. The first-order valence-corrected chi connectivity index (χ1v) is 9.55. The number of fused-ring (bicyclic) bond motifs is 2. The van der Waals surface area contributed by atoms with Crippen molar-refractivity contribution in [2.24, 2.45) is 0 Å². The van der Waals surface area contributed by atoms with Crippen molar-refractivity contribution in [1.29, 1.82) is 0 Å². The molecule has 156 valence electrons. The number of nitrogens with zero attached hydrogens (tertiary/aromatic N) is 6. The second-order valence-corrected chi connectivity index (χ2v) is 6.57. The molecule has 0 unspecified atom stereocenters. The number of rotatable bonds is 4. The van der Waals surface area contributed by atoms with Crippen LogP contribution in [0, 0.1) is 0 Å². The first-order valence-electron chi connectivity index (χ1n) is 8.79. The molecule has 0 spiro atoms. The fraction of sp³-hybridized carbons (Fsp3) is 0.222. The normalized spacial score (nSPS) is 10.7. The van der Waals surface area contributed by atoms with Gasteiger partial charge in [-0.05, 0) is 25.5 Å². The van der Waals surface area contributed by atoms with Crippen LogP contribution in [-0.2, 0) is 11.2 Å². The highest BCUT2D eigenvalue weighted by Crippen LogP contribution is 2.16. The maximum atomic E-state index is 11.5. The van der Waals surface area contributed by atoms with Crippen LogP contribution < -0.4 is 0 Å². The number of halogens is 2. The Hall–Kier alpha value is -3.24. The van der Waals surface area contributed by atoms with Crippen LogP contribution in [0.4, 0.5) is 0 Å². The smallest absolute Gasteiger partial charge is 0.343 e. The molecule has 0 aliphatic heterocycles. The lowest BCUT2D eigenvalue weighted by atomic mass is 10.2. The quantitative estimate of drug-likeness (QED) is 0.371. The first-order chi connectivity index (χ1) is 14.3. The number of carbonyl (C=O) groups is 2. The number of aromatic carboxylic acids is 1. The number of ether oxygens (including phenoxy) is 1. The Morgan fingerprint density at radius 3 is 2.30 bits per heavy atom. The average molecular weight is 451 g/mol. The van der Waals surface area contributed by atoms with Crippen molar-refractivity contribution >= 4 is 46.4 Å². The van der Waals surface area contributed by atoms with Gasteiger partial charge >= 0.3 is 11.9 Å². The minimum Gasteiger partial charge on any atom is -0.477 e. The topological polar surface area (TPSA) is 124 Å². The maximum Gasteiger partial charge on any atom is 0.343 e. The van der Waals surface area contributed by atoms with E-state index in [1.54, 1.807) is 31.5 Å². The summed E-state index contributed by atoms with van der Waals surface area (Å²) in [4.78, 5) is 30.5. The molecule has 0 radical (unpaired) electrons. The Morgan fingerprint density at radius 1 is 1.07 bits per heavy atom. The van der Waals surface area contributed by atoms with Gasteiger partial charge in [0.1, 0.15) is 21.4 Å². The van der Waals surface area contributed by atoms with Gasteiger partial charge in [0.25, 0.3) is 0 Å². The van der Waals surface area contributed by atoms with Crippen molar-refractivity contribution in [3.63, 3.8) is 0 Å². The Labute approximate surface area is 180 Å². The third kappa shape index (κ3) is 4.34. The number of hydrogen-bond acceptors (Lipinski definition) is 7. The van der Waals surface area contributed by atoms with Crippen LogP contribution in [0.1, 0.15) is 40.3 Å². The van der Waals surface area contributed by atoms with Crippen LogP contribution in [0.2, 0.25) is 10.3 Å². The molecule has 30 heavy (non-hydrogen) atoms. The Morgan fingerprint density at radius 2 is 1.70 bits per heavy atom. The van der Waals surface area contributed by atoms with Crippen molar-refractivity contribution in [2.45, 2.75) is 20.3 Å². The van der Waals surface area contributed by atoms with Crippen molar-refractivity contribution in [3.05, 3.63) is 57.9 Å². The van der Waals surface area contributed by atoms with Crippen LogP contribution in [0.15, 0.2) is 30.7 Å².